The van der Waals surface area contributed by atoms with Gasteiger partial charge in [0.25, 0.3) is 0 Å². The number of nitrogens with zero attached hydrogens (tertiary/aromatic N) is 2. The normalized spacial score (nSPS) is 15.8. The van der Waals surface area contributed by atoms with Gasteiger partial charge in [0, 0.05) is 13.0 Å². The van der Waals surface area contributed by atoms with E-state index in [1.54, 1.807) is 0 Å². The Bertz CT molecular complexity index is 831. The van der Waals surface area contributed by atoms with Crippen LogP contribution in [0.5, 0.6) is 0 Å². The topological polar surface area (TPSA) is 41.6 Å². The maximum Gasteiger partial charge on any atom is 0.121 e. The molecule has 3 rings (SSSR count). The summed E-state index contributed by atoms with van der Waals surface area (Å²) in [5.74, 6) is 1.12. The number of benzene rings is 2. The first-order valence-electron chi connectivity index (χ1n) is 9.35. The van der Waals surface area contributed by atoms with Gasteiger partial charge < -0.3 is 10.6 Å². The van der Waals surface area contributed by atoms with Gasteiger partial charge in [0.05, 0.1) is 18.0 Å². The van der Waals surface area contributed by atoms with Crippen LogP contribution in [0, 0.1) is 19.8 Å². The van der Waals surface area contributed by atoms with Gasteiger partial charge in [-0.1, -0.05) is 61.0 Å². The van der Waals surface area contributed by atoms with Crippen LogP contribution in [0.1, 0.15) is 35.6 Å². The average molecular weight is 348 g/mol. The minimum absolute atomic E-state index is 0.317. The summed E-state index contributed by atoms with van der Waals surface area (Å²) in [6, 6.07) is 17.2. The molecule has 26 heavy (non-hydrogen) atoms. The third-order valence-electron chi connectivity index (χ3n) is 5.28. The second-order valence-corrected chi connectivity index (χ2v) is 7.42. The Labute approximate surface area is 157 Å². The Balaban J connectivity index is 1.80. The van der Waals surface area contributed by atoms with Crippen molar-refractivity contribution in [2.24, 2.45) is 16.6 Å². The zero-order valence-electron chi connectivity index (χ0n) is 16.3. The van der Waals surface area contributed by atoms with Gasteiger partial charge in [-0.15, -0.1) is 0 Å². The average Bonchev–Trinajstić information content (AvgIpc) is 2.63. The summed E-state index contributed by atoms with van der Waals surface area (Å²) in [6.45, 7) is 7.27. The number of aliphatic imine (C=N–C) groups is 1. The Hall–Kier alpha value is -2.55. The Morgan fingerprint density at radius 3 is 2.46 bits per heavy atom. The monoisotopic (exact) mass is 347 g/mol. The number of rotatable bonds is 5. The van der Waals surface area contributed by atoms with E-state index in [-0.39, 0.29) is 0 Å². The van der Waals surface area contributed by atoms with Crippen LogP contribution in [-0.4, -0.2) is 24.2 Å². The van der Waals surface area contributed by atoms with Crippen LogP contribution in [0.2, 0.25) is 0 Å². The molecule has 3 heteroatoms. The summed E-state index contributed by atoms with van der Waals surface area (Å²) in [4.78, 5) is 7.09. The van der Waals surface area contributed by atoms with Crippen LogP contribution in [0.4, 0.5) is 0 Å². The molecule has 0 fully saturated rings. The molecule has 1 aliphatic rings. The van der Waals surface area contributed by atoms with Crippen LogP contribution in [0.3, 0.4) is 0 Å². The van der Waals surface area contributed by atoms with Gasteiger partial charge in [0.2, 0.25) is 0 Å². The van der Waals surface area contributed by atoms with Crippen molar-refractivity contribution in [3.63, 3.8) is 0 Å². The molecule has 1 aliphatic heterocycles. The lowest BCUT2D eigenvalue weighted by Crippen LogP contribution is -2.35. The highest BCUT2D eigenvalue weighted by atomic mass is 15.2. The van der Waals surface area contributed by atoms with Crippen LogP contribution in [0.15, 0.2) is 65.0 Å². The lowest BCUT2D eigenvalue weighted by atomic mass is 9.95. The molecule has 0 saturated heterocycles. The Morgan fingerprint density at radius 1 is 1.08 bits per heavy atom. The molecule has 0 saturated carbocycles. The molecule has 0 radical (unpaired) electrons. The summed E-state index contributed by atoms with van der Waals surface area (Å²) in [7, 11) is 2.05. The number of hydrogen-bond donors (Lipinski definition) is 1. The van der Waals surface area contributed by atoms with E-state index in [0.29, 0.717) is 5.92 Å². The fourth-order valence-corrected chi connectivity index (χ4v) is 3.41. The van der Waals surface area contributed by atoms with E-state index in [1.165, 1.54) is 22.3 Å². The molecular weight excluding hydrogens is 318 g/mol. The molecule has 0 aromatic heterocycles. The zero-order chi connectivity index (χ0) is 18.7. The minimum atomic E-state index is 0.317. The highest BCUT2D eigenvalue weighted by molar-refractivity contribution is 6.03. The second kappa shape index (κ2) is 7.77. The number of aryl methyl sites for hydroxylation is 3. The van der Waals surface area contributed by atoms with E-state index in [4.69, 9.17) is 10.7 Å². The van der Waals surface area contributed by atoms with Crippen LogP contribution in [-0.2, 0) is 6.42 Å². The van der Waals surface area contributed by atoms with Crippen molar-refractivity contribution in [3.05, 3.63) is 82.3 Å². The Morgan fingerprint density at radius 2 is 1.77 bits per heavy atom. The van der Waals surface area contributed by atoms with Crippen molar-refractivity contribution in [1.82, 2.24) is 4.90 Å². The molecule has 1 heterocycles. The van der Waals surface area contributed by atoms with E-state index >= 15 is 0 Å². The zero-order valence-corrected chi connectivity index (χ0v) is 16.3. The molecule has 2 aromatic rings. The van der Waals surface area contributed by atoms with Gasteiger partial charge in [-0.2, -0.15) is 0 Å². The van der Waals surface area contributed by atoms with Gasteiger partial charge in [0.15, 0.2) is 0 Å². The summed E-state index contributed by atoms with van der Waals surface area (Å²) < 4.78 is 0. The molecule has 0 spiro atoms. The Kier molecular flexibility index (Phi) is 5.46. The molecule has 0 aliphatic carbocycles. The van der Waals surface area contributed by atoms with Crippen molar-refractivity contribution in [3.8, 4) is 0 Å². The summed E-state index contributed by atoms with van der Waals surface area (Å²) in [5.41, 5.74) is 13.7. The molecule has 136 valence electrons. The van der Waals surface area contributed by atoms with Crippen LogP contribution >= 0.6 is 0 Å². The van der Waals surface area contributed by atoms with E-state index in [0.717, 1.165) is 36.6 Å². The first-order valence-corrected chi connectivity index (χ1v) is 9.35. The van der Waals surface area contributed by atoms with Gasteiger partial charge in [-0.25, -0.2) is 0 Å². The van der Waals surface area contributed by atoms with Gasteiger partial charge in [-0.05, 0) is 43.4 Å². The van der Waals surface area contributed by atoms with Gasteiger partial charge in [0.1, 0.15) is 5.82 Å². The predicted molar refractivity (Wildman–Crippen MR) is 110 cm³/mol. The number of likely N-dealkylation sites (N-methyl/N-ethyl adjacent to an activating group) is 1. The van der Waals surface area contributed by atoms with E-state index in [1.807, 2.05) is 7.05 Å². The van der Waals surface area contributed by atoms with Crippen molar-refractivity contribution >= 4 is 5.71 Å². The fourth-order valence-electron chi connectivity index (χ4n) is 3.41. The lowest BCUT2D eigenvalue weighted by Gasteiger charge is -2.29. The van der Waals surface area contributed by atoms with Crippen molar-refractivity contribution < 1.29 is 0 Å². The van der Waals surface area contributed by atoms with Gasteiger partial charge in [-0.3, -0.25) is 4.99 Å². The lowest BCUT2D eigenvalue weighted by molar-refractivity contribution is 0.437. The molecule has 0 amide bonds. The summed E-state index contributed by atoms with van der Waals surface area (Å²) in [5, 5.41) is 0. The minimum Gasteiger partial charge on any atom is -0.384 e. The first-order chi connectivity index (χ1) is 12.5. The summed E-state index contributed by atoms with van der Waals surface area (Å²) >= 11 is 0. The smallest absolute Gasteiger partial charge is 0.121 e. The quantitative estimate of drug-likeness (QED) is 0.869. The van der Waals surface area contributed by atoms with E-state index in [2.05, 4.69) is 74.2 Å². The number of hydrogen-bond acceptors (Lipinski definition) is 3. The second-order valence-electron chi connectivity index (χ2n) is 7.42. The molecular formula is C23H29N3. The molecule has 0 bridgehead atoms. The molecule has 1 atom stereocenters. The highest BCUT2D eigenvalue weighted by Crippen LogP contribution is 2.26. The van der Waals surface area contributed by atoms with E-state index < -0.39 is 0 Å². The van der Waals surface area contributed by atoms with Crippen molar-refractivity contribution in [2.75, 3.05) is 13.6 Å². The van der Waals surface area contributed by atoms with E-state index in [9.17, 15) is 0 Å². The predicted octanol–water partition coefficient (Wildman–Crippen LogP) is 4.43. The van der Waals surface area contributed by atoms with Crippen LogP contribution in [0.25, 0.3) is 0 Å². The maximum atomic E-state index is 6.39. The molecule has 2 aromatic carbocycles. The molecule has 3 nitrogen and oxygen atoms in total. The molecule has 1 unspecified atom stereocenters. The molecule has 2 N–H and O–H groups in total. The third kappa shape index (κ3) is 3.98. The number of allylic oxidation sites excluding steroid dienone is 1. The summed E-state index contributed by atoms with van der Waals surface area (Å²) in [6.07, 6.45) is 2.09. The number of nitrogens with two attached hydrogens (primary N) is 1. The SMILES string of the molecule is Cc1ccc(C2=NC(C(C)CCc3ccccc3C)=C(N)N(C)C2)cc1. The van der Waals surface area contributed by atoms with Crippen molar-refractivity contribution in [2.45, 2.75) is 33.6 Å². The first kappa shape index (κ1) is 18.2. The third-order valence-corrected chi connectivity index (χ3v) is 5.28. The largest absolute Gasteiger partial charge is 0.384 e. The maximum absolute atomic E-state index is 6.39. The van der Waals surface area contributed by atoms with Crippen LogP contribution < -0.4 is 5.73 Å². The van der Waals surface area contributed by atoms with Gasteiger partial charge >= 0.3 is 0 Å². The highest BCUT2D eigenvalue weighted by Gasteiger charge is 2.22. The standard InChI is InChI=1S/C23H29N3/c1-16-9-12-20(13-10-16)21-15-26(4)23(24)22(25-21)18(3)11-14-19-8-6-5-7-17(19)2/h5-10,12-13,18H,11,14-15,24H2,1-4H3. The van der Waals surface area contributed by atoms with Crippen molar-refractivity contribution in [1.29, 1.82) is 0 Å². The fraction of sp³-hybridized carbons (Fsp3) is 0.348.